The molecule has 0 fully saturated rings. The largest absolute Gasteiger partial charge is 0.345 e. The molecule has 1 heterocycles. The first-order chi connectivity index (χ1) is 4.27. The fourth-order valence-electron chi connectivity index (χ4n) is 0.482. The van der Waals surface area contributed by atoms with Gasteiger partial charge in [-0.1, -0.05) is 11.6 Å². The van der Waals surface area contributed by atoms with Crippen molar-refractivity contribution in [3.8, 4) is 0 Å². The lowest BCUT2D eigenvalue weighted by Gasteiger charge is -2.22. The van der Waals surface area contributed by atoms with Crippen LogP contribution in [0.2, 0.25) is 0 Å². The van der Waals surface area contributed by atoms with Gasteiger partial charge in [0.25, 0.3) is 5.18 Å². The number of hydrogen-bond donors (Lipinski definition) is 1. The molecule has 1 N–H and O–H groups in total. The minimum absolute atomic E-state index is 0.936. The molecule has 0 aliphatic carbocycles. The fourth-order valence-corrected chi connectivity index (χ4v) is 0.601. The zero-order valence-electron chi connectivity index (χ0n) is 4.97. The second-order valence-electron chi connectivity index (χ2n) is 1.59. The van der Waals surface area contributed by atoms with Gasteiger partial charge in [-0.05, 0) is 0 Å². The van der Waals surface area contributed by atoms with E-state index in [1.54, 1.807) is 12.4 Å². The van der Waals surface area contributed by atoms with E-state index in [0.717, 1.165) is 0 Å². The molecule has 1 rings (SSSR count). The molecular weight excluding hydrogens is 140 g/mol. The topological polar surface area (TPSA) is 33.6 Å². The maximum atomic E-state index is 5.73. The van der Waals surface area contributed by atoms with Crippen LogP contribution in [-0.2, 0) is 4.74 Å². The SMILES string of the molecule is COC1(Cl)C=NC=CN1. The molecular formula is C5H7ClN2O. The van der Waals surface area contributed by atoms with Gasteiger partial charge in [0.2, 0.25) is 0 Å². The standard InChI is InChI=1S/C5H7ClN2O/c1-9-5(6)4-7-2-3-8-5/h2-4,8H,1H3. The van der Waals surface area contributed by atoms with E-state index < -0.39 is 5.18 Å². The monoisotopic (exact) mass is 146 g/mol. The van der Waals surface area contributed by atoms with Gasteiger partial charge in [0.1, 0.15) is 0 Å². The lowest BCUT2D eigenvalue weighted by molar-refractivity contribution is 0.106. The quantitative estimate of drug-likeness (QED) is 0.436. The van der Waals surface area contributed by atoms with Crippen LogP contribution in [0.25, 0.3) is 0 Å². The van der Waals surface area contributed by atoms with Crippen LogP contribution in [0.4, 0.5) is 0 Å². The highest BCUT2D eigenvalue weighted by Crippen LogP contribution is 2.10. The van der Waals surface area contributed by atoms with Crippen LogP contribution in [0, 0.1) is 0 Å². The predicted octanol–water partition coefficient (Wildman–Crippen LogP) is 0.671. The van der Waals surface area contributed by atoms with Gasteiger partial charge in [-0.3, -0.25) is 4.99 Å². The number of methoxy groups -OCH3 is 1. The molecule has 1 aliphatic rings. The molecule has 0 spiro atoms. The Hall–Kier alpha value is -0.540. The third-order valence-corrected chi connectivity index (χ3v) is 1.34. The van der Waals surface area contributed by atoms with Gasteiger partial charge in [0, 0.05) is 19.5 Å². The van der Waals surface area contributed by atoms with Gasteiger partial charge >= 0.3 is 0 Å². The average Bonchev–Trinajstić information content (AvgIpc) is 1.90. The van der Waals surface area contributed by atoms with Crippen molar-refractivity contribution in [2.24, 2.45) is 4.99 Å². The van der Waals surface area contributed by atoms with Crippen LogP contribution < -0.4 is 5.32 Å². The van der Waals surface area contributed by atoms with E-state index in [4.69, 9.17) is 16.3 Å². The Balaban J connectivity index is 2.63. The van der Waals surface area contributed by atoms with Crippen LogP contribution in [-0.4, -0.2) is 18.5 Å². The molecule has 0 bridgehead atoms. The zero-order chi connectivity index (χ0) is 6.74. The van der Waals surface area contributed by atoms with Crippen molar-refractivity contribution < 1.29 is 4.74 Å². The summed E-state index contributed by atoms with van der Waals surface area (Å²) in [5, 5.41) is 1.82. The number of nitrogens with zero attached hydrogens (tertiary/aromatic N) is 1. The van der Waals surface area contributed by atoms with Crippen LogP contribution in [0.15, 0.2) is 17.4 Å². The van der Waals surface area contributed by atoms with Crippen molar-refractivity contribution in [3.63, 3.8) is 0 Å². The first-order valence-electron chi connectivity index (χ1n) is 2.48. The Labute approximate surface area is 58.4 Å². The molecule has 0 amide bonds. The third-order valence-electron chi connectivity index (χ3n) is 0.978. The Kier molecular flexibility index (Phi) is 1.73. The van der Waals surface area contributed by atoms with E-state index in [1.807, 2.05) is 0 Å². The van der Waals surface area contributed by atoms with E-state index in [2.05, 4.69) is 10.3 Å². The van der Waals surface area contributed by atoms with Crippen LogP contribution in [0.5, 0.6) is 0 Å². The number of hydrogen-bond acceptors (Lipinski definition) is 3. The molecule has 0 aromatic carbocycles. The van der Waals surface area contributed by atoms with E-state index in [9.17, 15) is 0 Å². The second-order valence-corrected chi connectivity index (χ2v) is 2.15. The van der Waals surface area contributed by atoms with Crippen molar-refractivity contribution in [1.29, 1.82) is 0 Å². The fraction of sp³-hybridized carbons (Fsp3) is 0.400. The molecule has 4 heteroatoms. The maximum absolute atomic E-state index is 5.73. The number of aliphatic imine (C=N–C) groups is 1. The summed E-state index contributed by atoms with van der Waals surface area (Å²) in [5.74, 6) is 0. The summed E-state index contributed by atoms with van der Waals surface area (Å²) >= 11 is 5.73. The minimum atomic E-state index is -0.936. The predicted molar refractivity (Wildman–Crippen MR) is 36.4 cm³/mol. The molecule has 9 heavy (non-hydrogen) atoms. The maximum Gasteiger partial charge on any atom is 0.254 e. The molecule has 1 atom stereocenters. The van der Waals surface area contributed by atoms with Crippen LogP contribution in [0.1, 0.15) is 0 Å². The summed E-state index contributed by atoms with van der Waals surface area (Å²) in [6.07, 6.45) is 4.70. The number of nitrogens with one attached hydrogen (secondary N) is 1. The Morgan fingerprint density at radius 1 is 1.78 bits per heavy atom. The van der Waals surface area contributed by atoms with Gasteiger partial charge in [-0.15, -0.1) is 0 Å². The van der Waals surface area contributed by atoms with Crippen molar-refractivity contribution in [1.82, 2.24) is 5.32 Å². The zero-order valence-corrected chi connectivity index (χ0v) is 5.72. The number of rotatable bonds is 1. The average molecular weight is 147 g/mol. The lowest BCUT2D eigenvalue weighted by Crippen LogP contribution is -2.41. The highest BCUT2D eigenvalue weighted by molar-refractivity contribution is 6.30. The number of halogens is 1. The molecule has 0 saturated carbocycles. The van der Waals surface area contributed by atoms with Crippen LogP contribution in [0.3, 0.4) is 0 Å². The third kappa shape index (κ3) is 1.43. The highest BCUT2D eigenvalue weighted by atomic mass is 35.5. The van der Waals surface area contributed by atoms with Gasteiger partial charge < -0.3 is 10.1 Å². The molecule has 0 aromatic heterocycles. The Morgan fingerprint density at radius 2 is 2.56 bits per heavy atom. The van der Waals surface area contributed by atoms with Crippen molar-refractivity contribution in [2.75, 3.05) is 7.11 Å². The van der Waals surface area contributed by atoms with Crippen LogP contribution >= 0.6 is 11.6 Å². The molecule has 50 valence electrons. The summed E-state index contributed by atoms with van der Waals surface area (Å²) in [7, 11) is 1.51. The first kappa shape index (κ1) is 6.58. The smallest absolute Gasteiger partial charge is 0.254 e. The summed E-state index contributed by atoms with van der Waals surface area (Å²) in [6, 6.07) is 0. The number of alkyl halides is 1. The molecule has 3 nitrogen and oxygen atoms in total. The molecule has 0 aromatic rings. The summed E-state index contributed by atoms with van der Waals surface area (Å²) in [6.45, 7) is 0. The number of ether oxygens (including phenoxy) is 1. The lowest BCUT2D eigenvalue weighted by atomic mass is 10.5. The van der Waals surface area contributed by atoms with Gasteiger partial charge in [0.15, 0.2) is 0 Å². The van der Waals surface area contributed by atoms with Crippen molar-refractivity contribution >= 4 is 17.8 Å². The van der Waals surface area contributed by atoms with Crippen molar-refractivity contribution in [3.05, 3.63) is 12.4 Å². The van der Waals surface area contributed by atoms with Gasteiger partial charge in [-0.2, -0.15) is 0 Å². The van der Waals surface area contributed by atoms with Gasteiger partial charge in [0.05, 0.1) is 6.21 Å². The molecule has 1 aliphatic heterocycles. The van der Waals surface area contributed by atoms with E-state index >= 15 is 0 Å². The first-order valence-corrected chi connectivity index (χ1v) is 2.86. The summed E-state index contributed by atoms with van der Waals surface area (Å²) in [4.78, 5) is 3.78. The molecule has 0 saturated heterocycles. The molecule has 0 radical (unpaired) electrons. The Morgan fingerprint density at radius 3 is 2.89 bits per heavy atom. The summed E-state index contributed by atoms with van der Waals surface area (Å²) in [5.41, 5.74) is 0. The minimum Gasteiger partial charge on any atom is -0.345 e. The second kappa shape index (κ2) is 2.37. The highest BCUT2D eigenvalue weighted by Gasteiger charge is 2.22. The van der Waals surface area contributed by atoms with E-state index in [-0.39, 0.29) is 0 Å². The van der Waals surface area contributed by atoms with E-state index in [0.29, 0.717) is 0 Å². The van der Waals surface area contributed by atoms with Crippen molar-refractivity contribution in [2.45, 2.75) is 5.18 Å². The normalized spacial score (nSPS) is 32.2. The Bertz CT molecular complexity index is 157. The molecule has 1 unspecified atom stereocenters. The van der Waals surface area contributed by atoms with Gasteiger partial charge in [-0.25, -0.2) is 0 Å². The van der Waals surface area contributed by atoms with E-state index in [1.165, 1.54) is 13.3 Å². The summed E-state index contributed by atoms with van der Waals surface area (Å²) < 4.78 is 4.83.